The predicted octanol–water partition coefficient (Wildman–Crippen LogP) is 2.97. The average Bonchev–Trinajstić information content (AvgIpc) is 3.49. The molecule has 0 aliphatic heterocycles. The molecular formula is C21H24N6O2. The standard InChI is InChI=1S/C21H24N6O2/c1-14(18-5-3-4-6-19(18)29-2)23-20(28)13-22-16-9-7-15(8-10-16)21-24-25-26-27(21)17-11-12-17/h3-10,14,17,22H,11-13H2,1-2H3,(H,23,28). The fourth-order valence-electron chi connectivity index (χ4n) is 3.26. The molecule has 3 aromatic rings. The third-order valence-corrected chi connectivity index (χ3v) is 4.96. The summed E-state index contributed by atoms with van der Waals surface area (Å²) in [5, 5.41) is 18.1. The number of hydrogen-bond donors (Lipinski definition) is 2. The largest absolute Gasteiger partial charge is 0.496 e. The number of benzene rings is 2. The Morgan fingerprint density at radius 1 is 1.21 bits per heavy atom. The molecule has 0 bridgehead atoms. The first kappa shape index (κ1) is 18.9. The van der Waals surface area contributed by atoms with E-state index >= 15 is 0 Å². The van der Waals surface area contributed by atoms with E-state index in [9.17, 15) is 4.79 Å². The Kier molecular flexibility index (Phi) is 5.41. The van der Waals surface area contributed by atoms with Crippen molar-refractivity contribution in [3.63, 3.8) is 0 Å². The molecule has 1 heterocycles. The maximum Gasteiger partial charge on any atom is 0.239 e. The molecule has 1 aliphatic rings. The summed E-state index contributed by atoms with van der Waals surface area (Å²) in [5.74, 6) is 1.45. The Labute approximate surface area is 169 Å². The van der Waals surface area contributed by atoms with E-state index in [0.29, 0.717) is 6.04 Å². The van der Waals surface area contributed by atoms with Crippen LogP contribution in [0.3, 0.4) is 0 Å². The number of para-hydroxylation sites is 1. The highest BCUT2D eigenvalue weighted by atomic mass is 16.5. The van der Waals surface area contributed by atoms with Crippen LogP contribution in [0.5, 0.6) is 5.75 Å². The predicted molar refractivity (Wildman–Crippen MR) is 110 cm³/mol. The van der Waals surface area contributed by atoms with Gasteiger partial charge in [0, 0.05) is 16.8 Å². The Hall–Kier alpha value is -3.42. The summed E-state index contributed by atoms with van der Waals surface area (Å²) in [6.07, 6.45) is 2.25. The molecule has 0 radical (unpaired) electrons. The lowest BCUT2D eigenvalue weighted by Crippen LogP contribution is -2.32. The lowest BCUT2D eigenvalue weighted by atomic mass is 10.1. The fraction of sp³-hybridized carbons (Fsp3) is 0.333. The highest BCUT2D eigenvalue weighted by Crippen LogP contribution is 2.36. The fourth-order valence-corrected chi connectivity index (χ4v) is 3.26. The molecular weight excluding hydrogens is 368 g/mol. The Morgan fingerprint density at radius 3 is 2.69 bits per heavy atom. The van der Waals surface area contributed by atoms with E-state index in [4.69, 9.17) is 4.74 Å². The average molecular weight is 392 g/mol. The van der Waals surface area contributed by atoms with Crippen molar-refractivity contribution in [2.75, 3.05) is 19.0 Å². The summed E-state index contributed by atoms with van der Waals surface area (Å²) in [6.45, 7) is 2.12. The molecule has 0 saturated heterocycles. The minimum Gasteiger partial charge on any atom is -0.496 e. The second kappa shape index (κ2) is 8.30. The van der Waals surface area contributed by atoms with E-state index in [1.54, 1.807) is 7.11 Å². The summed E-state index contributed by atoms with van der Waals surface area (Å²) in [5.41, 5.74) is 2.77. The quantitative estimate of drug-likeness (QED) is 0.612. The van der Waals surface area contributed by atoms with Crippen LogP contribution in [0.2, 0.25) is 0 Å². The normalized spacial score (nSPS) is 14.3. The molecule has 1 saturated carbocycles. The van der Waals surface area contributed by atoms with Crippen molar-refractivity contribution in [1.82, 2.24) is 25.5 Å². The van der Waals surface area contributed by atoms with Gasteiger partial charge in [-0.15, -0.1) is 5.10 Å². The molecule has 1 aliphatic carbocycles. The van der Waals surface area contributed by atoms with Crippen molar-refractivity contribution >= 4 is 11.6 Å². The first-order valence-electron chi connectivity index (χ1n) is 9.70. The number of aromatic nitrogens is 4. The smallest absolute Gasteiger partial charge is 0.239 e. The minimum atomic E-state index is -0.149. The third kappa shape index (κ3) is 4.37. The molecule has 4 rings (SSSR count). The van der Waals surface area contributed by atoms with E-state index in [0.717, 1.165) is 41.2 Å². The van der Waals surface area contributed by atoms with Gasteiger partial charge in [-0.25, -0.2) is 4.68 Å². The summed E-state index contributed by atoms with van der Waals surface area (Å²) < 4.78 is 7.25. The number of carbonyl (C=O) groups is 1. The van der Waals surface area contributed by atoms with Crippen molar-refractivity contribution in [2.45, 2.75) is 31.8 Å². The highest BCUT2D eigenvalue weighted by molar-refractivity contribution is 5.81. The number of nitrogens with zero attached hydrogens (tertiary/aromatic N) is 4. The number of anilines is 1. The van der Waals surface area contributed by atoms with Crippen LogP contribution in [-0.2, 0) is 4.79 Å². The number of methoxy groups -OCH3 is 1. The Balaban J connectivity index is 1.33. The molecule has 0 spiro atoms. The number of tetrazole rings is 1. The lowest BCUT2D eigenvalue weighted by molar-refractivity contribution is -0.120. The van der Waals surface area contributed by atoms with Crippen molar-refractivity contribution in [2.24, 2.45) is 0 Å². The zero-order chi connectivity index (χ0) is 20.2. The molecule has 2 N–H and O–H groups in total. The van der Waals surface area contributed by atoms with E-state index in [-0.39, 0.29) is 18.5 Å². The van der Waals surface area contributed by atoms with Gasteiger partial charge in [0.25, 0.3) is 0 Å². The Morgan fingerprint density at radius 2 is 1.97 bits per heavy atom. The molecule has 29 heavy (non-hydrogen) atoms. The highest BCUT2D eigenvalue weighted by Gasteiger charge is 2.28. The van der Waals surface area contributed by atoms with Crippen LogP contribution in [-0.4, -0.2) is 39.8 Å². The van der Waals surface area contributed by atoms with Crippen molar-refractivity contribution in [3.05, 3.63) is 54.1 Å². The van der Waals surface area contributed by atoms with E-state index < -0.39 is 0 Å². The van der Waals surface area contributed by atoms with Crippen molar-refractivity contribution in [1.29, 1.82) is 0 Å². The second-order valence-corrected chi connectivity index (χ2v) is 7.14. The van der Waals surface area contributed by atoms with Crippen molar-refractivity contribution in [3.8, 4) is 17.1 Å². The van der Waals surface area contributed by atoms with Crippen LogP contribution in [0.25, 0.3) is 11.4 Å². The van der Waals surface area contributed by atoms with Crippen molar-refractivity contribution < 1.29 is 9.53 Å². The van der Waals surface area contributed by atoms with Gasteiger partial charge in [0.15, 0.2) is 5.82 Å². The molecule has 1 unspecified atom stereocenters. The van der Waals surface area contributed by atoms with E-state index in [1.165, 1.54) is 0 Å². The summed E-state index contributed by atoms with van der Waals surface area (Å²) >= 11 is 0. The topological polar surface area (TPSA) is 94.0 Å². The van der Waals surface area contributed by atoms with Gasteiger partial charge in [0.1, 0.15) is 5.75 Å². The molecule has 1 amide bonds. The van der Waals surface area contributed by atoms with Gasteiger partial charge in [-0.3, -0.25) is 4.79 Å². The van der Waals surface area contributed by atoms with E-state index in [1.807, 2.05) is 60.1 Å². The van der Waals surface area contributed by atoms with Gasteiger partial charge in [0.05, 0.1) is 25.7 Å². The molecule has 1 atom stereocenters. The monoisotopic (exact) mass is 392 g/mol. The number of rotatable bonds is 8. The maximum absolute atomic E-state index is 12.3. The van der Waals surface area contributed by atoms with Crippen LogP contribution in [0.1, 0.15) is 37.4 Å². The zero-order valence-electron chi connectivity index (χ0n) is 16.5. The zero-order valence-corrected chi connectivity index (χ0v) is 16.5. The van der Waals surface area contributed by atoms with Gasteiger partial charge >= 0.3 is 0 Å². The van der Waals surface area contributed by atoms with Gasteiger partial charge in [0.2, 0.25) is 5.91 Å². The minimum absolute atomic E-state index is 0.0924. The van der Waals surface area contributed by atoms with Crippen LogP contribution in [0, 0.1) is 0 Å². The first-order valence-corrected chi connectivity index (χ1v) is 9.70. The molecule has 150 valence electrons. The first-order chi connectivity index (χ1) is 14.2. The number of carbonyl (C=O) groups excluding carboxylic acids is 1. The summed E-state index contributed by atoms with van der Waals surface area (Å²) in [6, 6.07) is 15.7. The van der Waals surface area contributed by atoms with Crippen LogP contribution >= 0.6 is 0 Å². The Bertz CT molecular complexity index is 981. The van der Waals surface area contributed by atoms with Crippen LogP contribution < -0.4 is 15.4 Å². The van der Waals surface area contributed by atoms with Gasteiger partial charge in [-0.2, -0.15) is 0 Å². The number of ether oxygens (including phenoxy) is 1. The SMILES string of the molecule is COc1ccccc1C(C)NC(=O)CNc1ccc(-c2nnnn2C2CC2)cc1. The van der Waals surface area contributed by atoms with Gasteiger partial charge < -0.3 is 15.4 Å². The number of hydrogen-bond acceptors (Lipinski definition) is 6. The maximum atomic E-state index is 12.3. The van der Waals surface area contributed by atoms with Crippen LogP contribution in [0.15, 0.2) is 48.5 Å². The summed E-state index contributed by atoms with van der Waals surface area (Å²) in [4.78, 5) is 12.3. The third-order valence-electron chi connectivity index (χ3n) is 4.96. The van der Waals surface area contributed by atoms with Gasteiger partial charge in [-0.05, 0) is 60.5 Å². The lowest BCUT2D eigenvalue weighted by Gasteiger charge is -2.17. The molecule has 8 nitrogen and oxygen atoms in total. The molecule has 1 fully saturated rings. The second-order valence-electron chi connectivity index (χ2n) is 7.14. The summed E-state index contributed by atoms with van der Waals surface area (Å²) in [7, 11) is 1.63. The number of nitrogens with one attached hydrogen (secondary N) is 2. The number of amides is 1. The molecule has 8 heteroatoms. The van der Waals surface area contributed by atoms with E-state index in [2.05, 4.69) is 26.2 Å². The molecule has 1 aromatic heterocycles. The van der Waals surface area contributed by atoms with Gasteiger partial charge in [-0.1, -0.05) is 18.2 Å². The molecule has 2 aromatic carbocycles. The van der Waals surface area contributed by atoms with Crippen LogP contribution in [0.4, 0.5) is 5.69 Å².